The molecule has 3 heterocycles. The molecule has 0 bridgehead atoms. The third-order valence-corrected chi connectivity index (χ3v) is 4.39. The van der Waals surface area contributed by atoms with E-state index in [-0.39, 0.29) is 0 Å². The molecular formula is C16H25N5O2. The minimum absolute atomic E-state index is 0.560. The molecule has 23 heavy (non-hydrogen) atoms. The van der Waals surface area contributed by atoms with Crippen LogP contribution in [0.2, 0.25) is 0 Å². The maximum absolute atomic E-state index is 5.50. The van der Waals surface area contributed by atoms with E-state index >= 15 is 0 Å². The molecule has 1 aliphatic rings. The van der Waals surface area contributed by atoms with E-state index in [1.165, 1.54) is 19.4 Å². The first kappa shape index (κ1) is 16.1. The Kier molecular flexibility index (Phi) is 5.07. The lowest BCUT2D eigenvalue weighted by Gasteiger charge is -2.34. The lowest BCUT2D eigenvalue weighted by Crippen LogP contribution is -2.41. The molecule has 2 aromatic rings. The smallest absolute Gasteiger partial charge is 0.252 e. The van der Waals surface area contributed by atoms with Gasteiger partial charge in [0.15, 0.2) is 17.2 Å². The number of hydrogen-bond acceptors (Lipinski definition) is 7. The number of piperidine rings is 1. The summed E-state index contributed by atoms with van der Waals surface area (Å²) in [5.41, 5.74) is 1.31. The van der Waals surface area contributed by atoms with Gasteiger partial charge in [0.25, 0.3) is 5.71 Å². The Labute approximate surface area is 136 Å². The van der Waals surface area contributed by atoms with Gasteiger partial charge >= 0.3 is 0 Å². The van der Waals surface area contributed by atoms with Crippen molar-refractivity contribution >= 4 is 17.0 Å². The molecule has 0 amide bonds. The van der Waals surface area contributed by atoms with Crippen molar-refractivity contribution in [3.63, 3.8) is 0 Å². The molecule has 0 aromatic carbocycles. The van der Waals surface area contributed by atoms with Crippen LogP contribution in [0.1, 0.15) is 18.7 Å². The second-order valence-corrected chi connectivity index (χ2v) is 6.27. The van der Waals surface area contributed by atoms with Crippen molar-refractivity contribution in [2.45, 2.75) is 19.8 Å². The van der Waals surface area contributed by atoms with E-state index < -0.39 is 0 Å². The van der Waals surface area contributed by atoms with Gasteiger partial charge in [-0.05, 0) is 25.3 Å². The molecule has 126 valence electrons. The van der Waals surface area contributed by atoms with Crippen molar-refractivity contribution in [1.29, 1.82) is 0 Å². The quantitative estimate of drug-likeness (QED) is 0.803. The summed E-state index contributed by atoms with van der Waals surface area (Å²) in [6.07, 6.45) is 4.04. The van der Waals surface area contributed by atoms with Gasteiger partial charge in [-0.25, -0.2) is 9.97 Å². The van der Waals surface area contributed by atoms with Crippen LogP contribution in [-0.2, 0) is 4.74 Å². The Balaban J connectivity index is 1.67. The van der Waals surface area contributed by atoms with Crippen LogP contribution >= 0.6 is 0 Å². The Morgan fingerprint density at radius 1 is 1.43 bits per heavy atom. The predicted molar refractivity (Wildman–Crippen MR) is 88.6 cm³/mol. The van der Waals surface area contributed by atoms with E-state index in [0.717, 1.165) is 37.6 Å². The number of anilines is 1. The zero-order valence-corrected chi connectivity index (χ0v) is 14.2. The number of rotatable bonds is 6. The van der Waals surface area contributed by atoms with Crippen LogP contribution in [0.4, 0.5) is 5.82 Å². The van der Waals surface area contributed by atoms with E-state index in [4.69, 9.17) is 9.15 Å². The highest BCUT2D eigenvalue weighted by molar-refractivity contribution is 5.81. The van der Waals surface area contributed by atoms with E-state index in [2.05, 4.69) is 31.8 Å². The van der Waals surface area contributed by atoms with Gasteiger partial charge in [0.2, 0.25) is 0 Å². The number of ether oxygens (including phenoxy) is 1. The Morgan fingerprint density at radius 2 is 2.30 bits per heavy atom. The molecule has 1 saturated heterocycles. The van der Waals surface area contributed by atoms with Crippen molar-refractivity contribution < 1.29 is 9.15 Å². The fraction of sp³-hybridized carbons (Fsp3) is 0.688. The van der Waals surface area contributed by atoms with Crippen LogP contribution in [0, 0.1) is 12.8 Å². The first-order valence-corrected chi connectivity index (χ1v) is 8.18. The molecule has 0 saturated carbocycles. The first-order chi connectivity index (χ1) is 11.2. The summed E-state index contributed by atoms with van der Waals surface area (Å²) < 4.78 is 10.7. The average molecular weight is 319 g/mol. The number of likely N-dealkylation sites (tertiary alicyclic amines) is 1. The minimum atomic E-state index is 0.560. The Morgan fingerprint density at radius 3 is 3.13 bits per heavy atom. The molecule has 0 N–H and O–H groups in total. The number of aryl methyl sites for hydroxylation is 1. The third-order valence-electron chi connectivity index (χ3n) is 4.39. The molecule has 0 radical (unpaired) electrons. The van der Waals surface area contributed by atoms with Gasteiger partial charge in [0, 0.05) is 40.7 Å². The number of nitrogens with zero attached hydrogens (tertiary/aromatic N) is 5. The molecule has 2 aromatic heterocycles. The molecule has 0 aliphatic carbocycles. The van der Waals surface area contributed by atoms with Gasteiger partial charge in [0.1, 0.15) is 6.33 Å². The highest BCUT2D eigenvalue weighted by Gasteiger charge is 2.22. The number of fused-ring (bicyclic) bond motifs is 1. The molecule has 3 rings (SSSR count). The monoisotopic (exact) mass is 319 g/mol. The maximum atomic E-state index is 5.50. The highest BCUT2D eigenvalue weighted by atomic mass is 16.5. The molecule has 0 spiro atoms. The molecule has 1 aliphatic heterocycles. The molecular weight excluding hydrogens is 294 g/mol. The van der Waals surface area contributed by atoms with Crippen molar-refractivity contribution in [2.75, 3.05) is 51.8 Å². The fourth-order valence-corrected chi connectivity index (χ4v) is 3.32. The maximum Gasteiger partial charge on any atom is 0.252 e. The molecule has 7 nitrogen and oxygen atoms in total. The molecule has 1 unspecified atom stereocenters. The minimum Gasteiger partial charge on any atom is -0.422 e. The standard InChI is InChI=1S/C16H25N5O2/c1-12-19-14-15(17-11-18-16(14)23-12)20(2)9-13-5-4-6-21(10-13)7-8-22-3/h11,13H,4-10H2,1-3H3. The van der Waals surface area contributed by atoms with Crippen molar-refractivity contribution in [1.82, 2.24) is 19.9 Å². The van der Waals surface area contributed by atoms with E-state index in [9.17, 15) is 0 Å². The van der Waals surface area contributed by atoms with Crippen molar-refractivity contribution in [3.8, 4) is 0 Å². The Hall–Kier alpha value is -1.73. The normalized spacial score (nSPS) is 19.3. The van der Waals surface area contributed by atoms with Gasteiger partial charge in [-0.2, -0.15) is 4.98 Å². The molecule has 7 heteroatoms. The Bertz CT molecular complexity index is 644. The topological polar surface area (TPSA) is 67.5 Å². The van der Waals surface area contributed by atoms with E-state index in [1.807, 2.05) is 6.92 Å². The lowest BCUT2D eigenvalue weighted by atomic mass is 9.97. The van der Waals surface area contributed by atoms with E-state index in [0.29, 0.717) is 17.5 Å². The predicted octanol–water partition coefficient (Wildman–Crippen LogP) is 1.72. The summed E-state index contributed by atoms with van der Waals surface area (Å²) in [7, 11) is 3.83. The zero-order chi connectivity index (χ0) is 16.2. The van der Waals surface area contributed by atoms with Gasteiger partial charge in [0.05, 0.1) is 6.61 Å². The van der Waals surface area contributed by atoms with Crippen LogP contribution in [0.5, 0.6) is 0 Å². The number of hydrogen-bond donors (Lipinski definition) is 0. The number of oxazole rings is 1. The average Bonchev–Trinajstić information content (AvgIpc) is 2.93. The lowest BCUT2D eigenvalue weighted by molar-refractivity contribution is 0.116. The molecule has 1 atom stereocenters. The summed E-state index contributed by atoms with van der Waals surface area (Å²) in [5, 5.41) is 0. The van der Waals surface area contributed by atoms with Crippen LogP contribution in [-0.4, -0.2) is 66.8 Å². The summed E-state index contributed by atoms with van der Waals surface area (Å²) in [6, 6.07) is 0. The second kappa shape index (κ2) is 7.23. The van der Waals surface area contributed by atoms with Crippen molar-refractivity contribution in [2.24, 2.45) is 5.92 Å². The van der Waals surface area contributed by atoms with E-state index in [1.54, 1.807) is 13.4 Å². The van der Waals surface area contributed by atoms with Crippen LogP contribution in [0.3, 0.4) is 0 Å². The van der Waals surface area contributed by atoms with Crippen LogP contribution in [0.15, 0.2) is 10.7 Å². The number of aromatic nitrogens is 3. The van der Waals surface area contributed by atoms with Crippen LogP contribution in [0.25, 0.3) is 11.2 Å². The molecule has 1 fully saturated rings. The van der Waals surface area contributed by atoms with Crippen LogP contribution < -0.4 is 4.90 Å². The first-order valence-electron chi connectivity index (χ1n) is 8.18. The largest absolute Gasteiger partial charge is 0.422 e. The summed E-state index contributed by atoms with van der Waals surface area (Å²) >= 11 is 0. The summed E-state index contributed by atoms with van der Waals surface area (Å²) in [4.78, 5) is 17.6. The number of methoxy groups -OCH3 is 1. The van der Waals surface area contributed by atoms with Crippen molar-refractivity contribution in [3.05, 3.63) is 12.2 Å². The van der Waals surface area contributed by atoms with Gasteiger partial charge in [-0.15, -0.1) is 0 Å². The third kappa shape index (κ3) is 3.79. The summed E-state index contributed by atoms with van der Waals surface area (Å²) in [6.45, 7) is 6.88. The second-order valence-electron chi connectivity index (χ2n) is 6.27. The van der Waals surface area contributed by atoms with Gasteiger partial charge in [-0.3, -0.25) is 0 Å². The fourth-order valence-electron chi connectivity index (χ4n) is 3.32. The summed E-state index contributed by atoms with van der Waals surface area (Å²) in [5.74, 6) is 2.10. The SMILES string of the molecule is COCCN1CCCC(CN(C)c2ncnc3oc(C)nc23)C1. The highest BCUT2D eigenvalue weighted by Crippen LogP contribution is 2.24. The van der Waals surface area contributed by atoms with Gasteiger partial charge < -0.3 is 19.0 Å². The zero-order valence-electron chi connectivity index (χ0n) is 14.2. The van der Waals surface area contributed by atoms with Gasteiger partial charge in [-0.1, -0.05) is 0 Å².